The monoisotopic (exact) mass is 468 g/mol. The Morgan fingerprint density at radius 3 is 2.11 bits per heavy atom. The summed E-state index contributed by atoms with van der Waals surface area (Å²) in [6, 6.07) is 17.1. The standard InChI is InChI=1S/C27H18F2N4O2/c28-20-6-1-16(2-7-20)25-26(17-3-8-21(29)9-4-17)31-24-13-18(5-10-23(24)30-25)27(34)33-12-11-22-19(14-33)15-35-32-22/h1-10,13,15H,11-12,14H2. The summed E-state index contributed by atoms with van der Waals surface area (Å²) in [5, 5.41) is 3.97. The maximum atomic E-state index is 13.6. The van der Waals surface area contributed by atoms with E-state index in [0.29, 0.717) is 58.6 Å². The lowest BCUT2D eigenvalue weighted by atomic mass is 10.0. The van der Waals surface area contributed by atoms with E-state index in [1.807, 2.05) is 0 Å². The van der Waals surface area contributed by atoms with Crippen LogP contribution >= 0.6 is 0 Å². The lowest BCUT2D eigenvalue weighted by molar-refractivity contribution is 0.0734. The molecule has 1 amide bonds. The third kappa shape index (κ3) is 3.93. The normalized spacial score (nSPS) is 13.1. The highest BCUT2D eigenvalue weighted by Gasteiger charge is 2.24. The Morgan fingerprint density at radius 2 is 1.46 bits per heavy atom. The lowest BCUT2D eigenvalue weighted by Gasteiger charge is -2.26. The molecule has 0 unspecified atom stereocenters. The zero-order valence-electron chi connectivity index (χ0n) is 18.4. The van der Waals surface area contributed by atoms with E-state index in [1.54, 1.807) is 53.6 Å². The smallest absolute Gasteiger partial charge is 0.254 e. The number of benzene rings is 3. The predicted molar refractivity (Wildman–Crippen MR) is 125 cm³/mol. The average Bonchev–Trinajstić information content (AvgIpc) is 3.36. The van der Waals surface area contributed by atoms with Crippen molar-refractivity contribution in [3.63, 3.8) is 0 Å². The van der Waals surface area contributed by atoms with Gasteiger partial charge in [0.1, 0.15) is 17.9 Å². The largest absolute Gasteiger partial charge is 0.364 e. The Kier molecular flexibility index (Phi) is 5.06. The topological polar surface area (TPSA) is 72.1 Å². The van der Waals surface area contributed by atoms with Crippen LogP contribution in [-0.4, -0.2) is 32.5 Å². The molecule has 0 saturated carbocycles. The highest BCUT2D eigenvalue weighted by molar-refractivity contribution is 5.98. The summed E-state index contributed by atoms with van der Waals surface area (Å²) in [5.74, 6) is -0.840. The lowest BCUT2D eigenvalue weighted by Crippen LogP contribution is -2.35. The molecule has 35 heavy (non-hydrogen) atoms. The SMILES string of the molecule is O=C(c1ccc2nc(-c3ccc(F)cc3)c(-c3ccc(F)cc3)nc2c1)N1CCc2nocc2C1. The molecule has 0 fully saturated rings. The Balaban J connectivity index is 1.43. The first kappa shape index (κ1) is 21.1. The molecule has 0 aliphatic carbocycles. The molecule has 0 saturated heterocycles. The number of carbonyl (C=O) groups is 1. The van der Waals surface area contributed by atoms with Crippen LogP contribution in [0.15, 0.2) is 77.5 Å². The van der Waals surface area contributed by atoms with Crippen molar-refractivity contribution in [1.82, 2.24) is 20.0 Å². The number of carbonyl (C=O) groups excluding carboxylic acids is 1. The van der Waals surface area contributed by atoms with Gasteiger partial charge in [0.25, 0.3) is 5.91 Å². The fraction of sp³-hybridized carbons (Fsp3) is 0.111. The molecule has 2 aromatic heterocycles. The minimum Gasteiger partial charge on any atom is -0.364 e. The van der Waals surface area contributed by atoms with E-state index in [2.05, 4.69) is 5.16 Å². The second-order valence-corrected chi connectivity index (χ2v) is 8.40. The number of rotatable bonds is 3. The third-order valence-electron chi connectivity index (χ3n) is 6.14. The van der Waals surface area contributed by atoms with Crippen LogP contribution in [-0.2, 0) is 13.0 Å². The number of aromatic nitrogens is 3. The Morgan fingerprint density at radius 1 is 0.829 bits per heavy atom. The van der Waals surface area contributed by atoms with Gasteiger partial charge in [-0.3, -0.25) is 4.79 Å². The Labute approximate surface area is 198 Å². The molecule has 0 spiro atoms. The van der Waals surface area contributed by atoms with Gasteiger partial charge in [0, 0.05) is 35.2 Å². The number of amides is 1. The van der Waals surface area contributed by atoms with Gasteiger partial charge in [0.05, 0.1) is 34.7 Å². The Bertz CT molecular complexity index is 1560. The van der Waals surface area contributed by atoms with Gasteiger partial charge in [-0.1, -0.05) is 5.16 Å². The maximum Gasteiger partial charge on any atom is 0.254 e. The van der Waals surface area contributed by atoms with Crippen LogP contribution in [0.1, 0.15) is 21.6 Å². The molecule has 8 heteroatoms. The van der Waals surface area contributed by atoms with Crippen LogP contribution in [0.25, 0.3) is 33.5 Å². The van der Waals surface area contributed by atoms with Crippen LogP contribution in [0.5, 0.6) is 0 Å². The molecule has 6 rings (SSSR count). The zero-order valence-corrected chi connectivity index (χ0v) is 18.4. The van der Waals surface area contributed by atoms with Crippen LogP contribution in [0.2, 0.25) is 0 Å². The summed E-state index contributed by atoms with van der Waals surface area (Å²) in [6.45, 7) is 0.984. The molecule has 0 radical (unpaired) electrons. The van der Waals surface area contributed by atoms with Gasteiger partial charge < -0.3 is 9.42 Å². The summed E-state index contributed by atoms with van der Waals surface area (Å²) in [4.78, 5) is 24.6. The van der Waals surface area contributed by atoms with Crippen LogP contribution in [0, 0.1) is 11.6 Å². The molecular formula is C27H18F2N4O2. The number of hydrogen-bond acceptors (Lipinski definition) is 5. The minimum absolute atomic E-state index is 0.119. The van der Waals surface area contributed by atoms with E-state index in [1.165, 1.54) is 24.3 Å². The molecule has 3 heterocycles. The highest BCUT2D eigenvalue weighted by atomic mass is 19.1. The first-order valence-corrected chi connectivity index (χ1v) is 11.1. The van der Waals surface area contributed by atoms with E-state index in [0.717, 1.165) is 11.3 Å². The molecular weight excluding hydrogens is 450 g/mol. The average molecular weight is 468 g/mol. The first-order valence-electron chi connectivity index (χ1n) is 11.1. The summed E-state index contributed by atoms with van der Waals surface area (Å²) < 4.78 is 32.1. The molecule has 1 aliphatic rings. The van der Waals surface area contributed by atoms with Crippen molar-refractivity contribution >= 4 is 16.9 Å². The summed E-state index contributed by atoms with van der Waals surface area (Å²) in [6.07, 6.45) is 2.22. The van der Waals surface area contributed by atoms with E-state index >= 15 is 0 Å². The third-order valence-corrected chi connectivity index (χ3v) is 6.14. The Hall–Kier alpha value is -4.46. The number of nitrogens with zero attached hydrogens (tertiary/aromatic N) is 4. The second-order valence-electron chi connectivity index (χ2n) is 8.40. The molecule has 0 atom stereocenters. The van der Waals surface area contributed by atoms with Crippen LogP contribution in [0.4, 0.5) is 8.78 Å². The molecule has 0 bridgehead atoms. The van der Waals surface area contributed by atoms with Gasteiger partial charge in [-0.2, -0.15) is 0 Å². The van der Waals surface area contributed by atoms with Crippen molar-refractivity contribution in [1.29, 1.82) is 0 Å². The van der Waals surface area contributed by atoms with Crippen molar-refractivity contribution in [3.05, 3.63) is 101 Å². The number of halogens is 2. The van der Waals surface area contributed by atoms with Gasteiger partial charge in [0.15, 0.2) is 0 Å². The van der Waals surface area contributed by atoms with E-state index in [4.69, 9.17) is 14.5 Å². The van der Waals surface area contributed by atoms with Gasteiger partial charge in [-0.25, -0.2) is 18.7 Å². The minimum atomic E-state index is -0.365. The van der Waals surface area contributed by atoms with E-state index in [9.17, 15) is 13.6 Å². The fourth-order valence-electron chi connectivity index (χ4n) is 4.30. The fourth-order valence-corrected chi connectivity index (χ4v) is 4.30. The molecule has 172 valence electrons. The zero-order chi connectivity index (χ0) is 23.9. The molecule has 1 aliphatic heterocycles. The molecule has 5 aromatic rings. The van der Waals surface area contributed by atoms with Crippen molar-refractivity contribution in [2.75, 3.05) is 6.54 Å². The second kappa shape index (κ2) is 8.39. The van der Waals surface area contributed by atoms with Crippen molar-refractivity contribution in [2.24, 2.45) is 0 Å². The van der Waals surface area contributed by atoms with Crippen molar-refractivity contribution in [3.8, 4) is 22.5 Å². The van der Waals surface area contributed by atoms with Gasteiger partial charge in [0.2, 0.25) is 0 Å². The highest BCUT2D eigenvalue weighted by Crippen LogP contribution is 2.32. The quantitative estimate of drug-likeness (QED) is 0.353. The predicted octanol–water partition coefficient (Wildman–Crippen LogP) is 5.43. The number of hydrogen-bond donors (Lipinski definition) is 0. The maximum absolute atomic E-state index is 13.6. The van der Waals surface area contributed by atoms with Crippen LogP contribution in [0.3, 0.4) is 0 Å². The van der Waals surface area contributed by atoms with E-state index in [-0.39, 0.29) is 17.5 Å². The molecule has 6 nitrogen and oxygen atoms in total. The van der Waals surface area contributed by atoms with Gasteiger partial charge >= 0.3 is 0 Å². The van der Waals surface area contributed by atoms with E-state index < -0.39 is 0 Å². The first-order chi connectivity index (χ1) is 17.0. The molecule has 3 aromatic carbocycles. The number of fused-ring (bicyclic) bond motifs is 2. The van der Waals surface area contributed by atoms with Crippen LogP contribution < -0.4 is 0 Å². The molecule has 0 N–H and O–H groups in total. The van der Waals surface area contributed by atoms with Gasteiger partial charge in [-0.15, -0.1) is 0 Å². The van der Waals surface area contributed by atoms with Gasteiger partial charge in [-0.05, 0) is 66.7 Å². The van der Waals surface area contributed by atoms with Crippen molar-refractivity contribution in [2.45, 2.75) is 13.0 Å². The summed E-state index contributed by atoms with van der Waals surface area (Å²) in [5.41, 5.74) is 5.80. The summed E-state index contributed by atoms with van der Waals surface area (Å²) in [7, 11) is 0. The van der Waals surface area contributed by atoms with Crippen molar-refractivity contribution < 1.29 is 18.1 Å². The summed E-state index contributed by atoms with van der Waals surface area (Å²) >= 11 is 0.